The summed E-state index contributed by atoms with van der Waals surface area (Å²) in [4.78, 5) is 17.1. The number of aromatic nitrogens is 1. The SMILES string of the molecule is CC(C1CC1)S(=O)(=O)N1CCC(CNC(=O)c2ccc(Cl)cc2Cl)(c2ncccc2F)CC1. The third kappa shape index (κ3) is 5.04. The monoisotopic (exact) mass is 513 g/mol. The Bertz CT molecular complexity index is 1150. The maximum Gasteiger partial charge on any atom is 0.252 e. The quantitative estimate of drug-likeness (QED) is 0.594. The maximum absolute atomic E-state index is 14.8. The van der Waals surface area contributed by atoms with Gasteiger partial charge in [-0.3, -0.25) is 9.78 Å². The van der Waals surface area contributed by atoms with E-state index >= 15 is 0 Å². The van der Waals surface area contributed by atoms with Gasteiger partial charge in [-0.2, -0.15) is 0 Å². The van der Waals surface area contributed by atoms with E-state index in [4.69, 9.17) is 23.2 Å². The topological polar surface area (TPSA) is 79.4 Å². The summed E-state index contributed by atoms with van der Waals surface area (Å²) in [6, 6.07) is 7.43. The van der Waals surface area contributed by atoms with Gasteiger partial charge in [-0.25, -0.2) is 17.1 Å². The van der Waals surface area contributed by atoms with Gasteiger partial charge in [0.1, 0.15) is 5.82 Å². The molecular weight excluding hydrogens is 488 g/mol. The lowest BCUT2D eigenvalue weighted by Gasteiger charge is -2.41. The van der Waals surface area contributed by atoms with Crippen molar-refractivity contribution in [3.05, 3.63) is 63.6 Å². The van der Waals surface area contributed by atoms with Crippen molar-refractivity contribution in [3.8, 4) is 0 Å². The largest absolute Gasteiger partial charge is 0.351 e. The molecule has 0 bridgehead atoms. The van der Waals surface area contributed by atoms with Gasteiger partial charge in [0.15, 0.2) is 0 Å². The van der Waals surface area contributed by atoms with Gasteiger partial charge in [0.2, 0.25) is 10.0 Å². The molecule has 1 aromatic heterocycles. The number of hydrogen-bond acceptors (Lipinski definition) is 4. The first-order valence-corrected chi connectivity index (χ1v) is 13.2. The lowest BCUT2D eigenvalue weighted by Crippen LogP contribution is -2.52. The molecule has 1 N–H and O–H groups in total. The second-order valence-corrected chi connectivity index (χ2v) is 12.0. The standard InChI is InChI=1S/C23H26Cl2FN3O3S/c1-15(16-4-5-16)33(31,32)29-11-8-23(9-12-29,21-20(26)3-2-10-27-21)14-28-22(30)18-7-6-17(24)13-19(18)25/h2-3,6-7,10,13,15-16H,4-5,8-9,11-12,14H2,1H3,(H,28,30). The van der Waals surface area contributed by atoms with Gasteiger partial charge < -0.3 is 5.32 Å². The molecule has 178 valence electrons. The second kappa shape index (κ2) is 9.49. The van der Waals surface area contributed by atoms with E-state index in [1.54, 1.807) is 13.0 Å². The number of benzene rings is 1. The molecule has 2 heterocycles. The number of piperidine rings is 1. The number of carbonyl (C=O) groups is 1. The van der Waals surface area contributed by atoms with Crippen molar-refractivity contribution in [2.75, 3.05) is 19.6 Å². The normalized spacial score (nSPS) is 19.8. The van der Waals surface area contributed by atoms with Crippen LogP contribution in [0, 0.1) is 11.7 Å². The highest BCUT2D eigenvalue weighted by atomic mass is 35.5. The van der Waals surface area contributed by atoms with Gasteiger partial charge in [0.25, 0.3) is 5.91 Å². The zero-order valence-electron chi connectivity index (χ0n) is 18.2. The molecule has 1 saturated heterocycles. The fraction of sp³-hybridized carbons (Fsp3) is 0.478. The third-order valence-electron chi connectivity index (χ3n) is 6.82. The molecule has 0 radical (unpaired) electrons. The third-order valence-corrected chi connectivity index (χ3v) is 9.78. The Kier molecular flexibility index (Phi) is 7.01. The molecule has 2 fully saturated rings. The van der Waals surface area contributed by atoms with Gasteiger partial charge in [0.05, 0.1) is 21.5 Å². The van der Waals surface area contributed by atoms with E-state index in [-0.39, 0.29) is 41.8 Å². The van der Waals surface area contributed by atoms with E-state index in [1.165, 1.54) is 34.8 Å². The predicted octanol–water partition coefficient (Wildman–Crippen LogP) is 4.42. The molecular formula is C23H26Cl2FN3O3S. The van der Waals surface area contributed by atoms with Crippen LogP contribution in [0.5, 0.6) is 0 Å². The Hall–Kier alpha value is -1.74. The summed E-state index contributed by atoms with van der Waals surface area (Å²) < 4.78 is 42.4. The molecule has 0 spiro atoms. The van der Waals surface area contributed by atoms with Crippen LogP contribution < -0.4 is 5.32 Å². The average Bonchev–Trinajstić information content (AvgIpc) is 3.63. The highest BCUT2D eigenvalue weighted by molar-refractivity contribution is 7.89. The molecule has 1 amide bonds. The summed E-state index contributed by atoms with van der Waals surface area (Å²) in [5.74, 6) is -0.665. The molecule has 2 aliphatic rings. The van der Waals surface area contributed by atoms with Crippen LogP contribution in [0.1, 0.15) is 48.7 Å². The Morgan fingerprint density at radius 1 is 1.27 bits per heavy atom. The molecule has 1 unspecified atom stereocenters. The molecule has 1 aliphatic carbocycles. The van der Waals surface area contributed by atoms with Gasteiger partial charge >= 0.3 is 0 Å². The summed E-state index contributed by atoms with van der Waals surface area (Å²) in [6.45, 7) is 2.36. The Labute approximate surface area is 203 Å². The lowest BCUT2D eigenvalue weighted by molar-refractivity contribution is 0.0931. The Morgan fingerprint density at radius 2 is 1.97 bits per heavy atom. The molecule has 2 aromatic rings. The number of pyridine rings is 1. The van der Waals surface area contributed by atoms with Crippen molar-refractivity contribution in [3.63, 3.8) is 0 Å². The summed E-state index contributed by atoms with van der Waals surface area (Å²) in [5.41, 5.74) is -0.342. The van der Waals surface area contributed by atoms with E-state index in [0.717, 1.165) is 12.8 Å². The van der Waals surface area contributed by atoms with Crippen LogP contribution in [0.2, 0.25) is 10.0 Å². The zero-order chi connectivity index (χ0) is 23.8. The van der Waals surface area contributed by atoms with E-state index < -0.39 is 32.4 Å². The first kappa shape index (κ1) is 24.4. The average molecular weight is 514 g/mol. The number of carbonyl (C=O) groups excluding carboxylic acids is 1. The molecule has 4 rings (SSSR count). The molecule has 1 aliphatic heterocycles. The van der Waals surface area contributed by atoms with Crippen LogP contribution in [-0.4, -0.2) is 48.5 Å². The summed E-state index contributed by atoms with van der Waals surface area (Å²) in [5, 5.41) is 3.08. The number of rotatable bonds is 7. The van der Waals surface area contributed by atoms with E-state index in [9.17, 15) is 17.6 Å². The summed E-state index contributed by atoms with van der Waals surface area (Å²) >= 11 is 12.1. The minimum Gasteiger partial charge on any atom is -0.351 e. The van der Waals surface area contributed by atoms with Gasteiger partial charge in [-0.05, 0) is 68.9 Å². The first-order valence-electron chi connectivity index (χ1n) is 11.0. The molecule has 6 nitrogen and oxygen atoms in total. The Balaban J connectivity index is 1.55. The van der Waals surface area contributed by atoms with Crippen molar-refractivity contribution in [2.45, 2.75) is 43.3 Å². The smallest absolute Gasteiger partial charge is 0.252 e. The van der Waals surface area contributed by atoms with E-state index in [1.807, 2.05) is 0 Å². The van der Waals surface area contributed by atoms with Crippen LogP contribution in [0.15, 0.2) is 36.5 Å². The Morgan fingerprint density at radius 3 is 2.58 bits per heavy atom. The van der Waals surface area contributed by atoms with Crippen molar-refractivity contribution in [1.29, 1.82) is 0 Å². The van der Waals surface area contributed by atoms with Crippen molar-refractivity contribution in [1.82, 2.24) is 14.6 Å². The molecule has 1 saturated carbocycles. The summed E-state index contributed by atoms with van der Waals surface area (Å²) in [6.07, 6.45) is 4.07. The van der Waals surface area contributed by atoms with Crippen LogP contribution in [0.3, 0.4) is 0 Å². The fourth-order valence-electron chi connectivity index (χ4n) is 4.50. The number of hydrogen-bond donors (Lipinski definition) is 1. The molecule has 1 atom stereocenters. The minimum absolute atomic E-state index is 0.102. The highest BCUT2D eigenvalue weighted by Gasteiger charge is 2.45. The van der Waals surface area contributed by atoms with E-state index in [0.29, 0.717) is 17.9 Å². The van der Waals surface area contributed by atoms with Crippen molar-refractivity contribution >= 4 is 39.1 Å². The highest BCUT2D eigenvalue weighted by Crippen LogP contribution is 2.40. The fourth-order valence-corrected chi connectivity index (χ4v) is 6.92. The predicted molar refractivity (Wildman–Crippen MR) is 127 cm³/mol. The van der Waals surface area contributed by atoms with Crippen LogP contribution >= 0.6 is 23.2 Å². The summed E-state index contributed by atoms with van der Waals surface area (Å²) in [7, 11) is -3.42. The zero-order valence-corrected chi connectivity index (χ0v) is 20.6. The van der Waals surface area contributed by atoms with Crippen molar-refractivity contribution in [2.24, 2.45) is 5.92 Å². The van der Waals surface area contributed by atoms with Crippen LogP contribution in [0.4, 0.5) is 4.39 Å². The number of sulfonamides is 1. The van der Waals surface area contributed by atoms with Gasteiger partial charge in [-0.15, -0.1) is 0 Å². The van der Waals surface area contributed by atoms with E-state index in [2.05, 4.69) is 10.3 Å². The first-order chi connectivity index (χ1) is 15.6. The van der Waals surface area contributed by atoms with Crippen molar-refractivity contribution < 1.29 is 17.6 Å². The molecule has 10 heteroatoms. The number of amides is 1. The number of nitrogens with zero attached hydrogens (tertiary/aromatic N) is 2. The molecule has 1 aromatic carbocycles. The van der Waals surface area contributed by atoms with Crippen LogP contribution in [0.25, 0.3) is 0 Å². The maximum atomic E-state index is 14.8. The minimum atomic E-state index is -3.42. The second-order valence-electron chi connectivity index (χ2n) is 8.91. The number of halogens is 3. The lowest BCUT2D eigenvalue weighted by atomic mass is 9.75. The van der Waals surface area contributed by atoms with Crippen LogP contribution in [-0.2, 0) is 15.4 Å². The number of nitrogens with one attached hydrogen (secondary N) is 1. The van der Waals surface area contributed by atoms with Gasteiger partial charge in [0, 0.05) is 36.3 Å². The molecule has 33 heavy (non-hydrogen) atoms. The van der Waals surface area contributed by atoms with Gasteiger partial charge in [-0.1, -0.05) is 23.2 Å².